The largest absolute Gasteiger partial charge is 0.410 e. The van der Waals surface area contributed by atoms with Gasteiger partial charge in [0.15, 0.2) is 14.1 Å². The minimum Gasteiger partial charge on any atom is -0.410 e. The highest BCUT2D eigenvalue weighted by molar-refractivity contribution is 6.74. The molecule has 2 aliphatic heterocycles. The molecule has 0 aromatic rings. The number of hydrogen-bond donors (Lipinski definition) is 0. The summed E-state index contributed by atoms with van der Waals surface area (Å²) < 4.78 is 19.2. The summed E-state index contributed by atoms with van der Waals surface area (Å²) in [7, 11) is -1.90. The fraction of sp³-hybridized carbons (Fsp3) is 0.789. The molecule has 138 valence electrons. The number of hydrogen-bond acceptors (Lipinski definition) is 4. The molecule has 2 heterocycles. The van der Waals surface area contributed by atoms with E-state index in [1.807, 2.05) is 26.0 Å². The summed E-state index contributed by atoms with van der Waals surface area (Å²) in [6.45, 7) is 24.9. The summed E-state index contributed by atoms with van der Waals surface area (Å²) in [4.78, 5) is 2.34. The molecule has 5 heteroatoms. The second-order valence-corrected chi connectivity index (χ2v) is 13.7. The summed E-state index contributed by atoms with van der Waals surface area (Å²) >= 11 is 0. The fourth-order valence-corrected chi connectivity index (χ4v) is 4.66. The van der Waals surface area contributed by atoms with E-state index in [-0.39, 0.29) is 29.4 Å². The van der Waals surface area contributed by atoms with Gasteiger partial charge in [0.05, 0.1) is 12.1 Å². The van der Waals surface area contributed by atoms with Crippen LogP contribution in [-0.2, 0) is 13.9 Å². The molecular weight excluding hydrogens is 318 g/mol. The van der Waals surface area contributed by atoms with Gasteiger partial charge in [-0.2, -0.15) is 0 Å². The third-order valence-corrected chi connectivity index (χ3v) is 10.1. The van der Waals surface area contributed by atoms with Crippen molar-refractivity contribution in [3.8, 4) is 0 Å². The standard InChI is InChI=1S/C19H35NO3Si/c1-10-12-20-13-15(23-24(8,9)18(3,4)5)17-16(14(20)11-2)21-19(6,7)22-17/h10-11,14-17H,1-2,12-13H2,3-9H3/t14-,15+,16-,17+/m0/s1. The van der Waals surface area contributed by atoms with Crippen LogP contribution < -0.4 is 0 Å². The third-order valence-electron chi connectivity index (χ3n) is 5.56. The van der Waals surface area contributed by atoms with Gasteiger partial charge < -0.3 is 13.9 Å². The van der Waals surface area contributed by atoms with E-state index in [1.54, 1.807) is 0 Å². The third kappa shape index (κ3) is 3.86. The molecular formula is C19H35NO3Si. The van der Waals surface area contributed by atoms with Crippen LogP contribution >= 0.6 is 0 Å². The molecule has 0 bridgehead atoms. The lowest BCUT2D eigenvalue weighted by Crippen LogP contribution is -2.62. The topological polar surface area (TPSA) is 30.9 Å². The summed E-state index contributed by atoms with van der Waals surface area (Å²) in [5, 5.41) is 0.163. The van der Waals surface area contributed by atoms with Gasteiger partial charge in [-0.05, 0) is 32.0 Å². The van der Waals surface area contributed by atoms with Gasteiger partial charge in [0.25, 0.3) is 0 Å². The Hall–Kier alpha value is -0.463. The molecule has 24 heavy (non-hydrogen) atoms. The minimum absolute atomic E-state index is 0.00816. The zero-order valence-electron chi connectivity index (χ0n) is 16.5. The van der Waals surface area contributed by atoms with Gasteiger partial charge in [0.1, 0.15) is 12.2 Å². The highest BCUT2D eigenvalue weighted by Gasteiger charge is 2.54. The summed E-state index contributed by atoms with van der Waals surface area (Å²) in [6, 6.07) is 0.119. The number of nitrogens with zero attached hydrogens (tertiary/aromatic N) is 1. The van der Waals surface area contributed by atoms with Crippen LogP contribution in [-0.4, -0.2) is 56.4 Å². The van der Waals surface area contributed by atoms with Crippen molar-refractivity contribution in [3.63, 3.8) is 0 Å². The Balaban J connectivity index is 2.30. The highest BCUT2D eigenvalue weighted by atomic mass is 28.4. The Bertz CT molecular complexity index is 483. The molecule has 2 rings (SSSR count). The van der Waals surface area contributed by atoms with Gasteiger partial charge in [-0.1, -0.05) is 32.9 Å². The van der Waals surface area contributed by atoms with Gasteiger partial charge in [0.2, 0.25) is 0 Å². The van der Waals surface area contributed by atoms with Gasteiger partial charge in [-0.3, -0.25) is 4.90 Å². The molecule has 2 fully saturated rings. The van der Waals surface area contributed by atoms with Crippen LogP contribution in [0.15, 0.2) is 25.3 Å². The lowest BCUT2D eigenvalue weighted by atomic mass is 9.94. The van der Waals surface area contributed by atoms with Crippen LogP contribution in [0, 0.1) is 0 Å². The number of piperidine rings is 1. The maximum absolute atomic E-state index is 6.74. The maximum Gasteiger partial charge on any atom is 0.192 e. The van der Waals surface area contributed by atoms with E-state index in [4.69, 9.17) is 13.9 Å². The zero-order chi connectivity index (χ0) is 18.3. The Morgan fingerprint density at radius 3 is 2.29 bits per heavy atom. The van der Waals surface area contributed by atoms with Crippen molar-refractivity contribution in [1.29, 1.82) is 0 Å². The van der Waals surface area contributed by atoms with E-state index in [9.17, 15) is 0 Å². The summed E-state index contributed by atoms with van der Waals surface area (Å²) in [6.07, 6.45) is 3.79. The van der Waals surface area contributed by atoms with Crippen molar-refractivity contribution in [2.45, 2.75) is 82.9 Å². The van der Waals surface area contributed by atoms with Crippen molar-refractivity contribution < 1.29 is 13.9 Å². The first-order valence-corrected chi connectivity index (χ1v) is 11.8. The van der Waals surface area contributed by atoms with Crippen LogP contribution in [0.4, 0.5) is 0 Å². The van der Waals surface area contributed by atoms with Gasteiger partial charge in [-0.15, -0.1) is 13.2 Å². The molecule has 0 aromatic carbocycles. The molecule has 0 aliphatic carbocycles. The Morgan fingerprint density at radius 1 is 1.21 bits per heavy atom. The van der Waals surface area contributed by atoms with Gasteiger partial charge in [0, 0.05) is 13.1 Å². The van der Waals surface area contributed by atoms with Crippen molar-refractivity contribution in [3.05, 3.63) is 25.3 Å². The molecule has 0 spiro atoms. The minimum atomic E-state index is -1.90. The van der Waals surface area contributed by atoms with Crippen molar-refractivity contribution in [2.75, 3.05) is 13.1 Å². The first-order valence-electron chi connectivity index (χ1n) is 8.93. The van der Waals surface area contributed by atoms with E-state index in [2.05, 4.69) is 51.9 Å². The Morgan fingerprint density at radius 2 is 1.79 bits per heavy atom. The van der Waals surface area contributed by atoms with Crippen LogP contribution in [0.3, 0.4) is 0 Å². The average molecular weight is 354 g/mol. The summed E-state index contributed by atoms with van der Waals surface area (Å²) in [5.74, 6) is -0.587. The number of fused-ring (bicyclic) bond motifs is 1. The second-order valence-electron chi connectivity index (χ2n) is 8.95. The van der Waals surface area contributed by atoms with Crippen LogP contribution in [0.25, 0.3) is 0 Å². The Labute approximate surface area is 149 Å². The number of likely N-dealkylation sites (tertiary alicyclic amines) is 1. The van der Waals surface area contributed by atoms with Crippen LogP contribution in [0.5, 0.6) is 0 Å². The predicted octanol–water partition coefficient (Wildman–Crippen LogP) is 3.95. The van der Waals surface area contributed by atoms with Gasteiger partial charge >= 0.3 is 0 Å². The van der Waals surface area contributed by atoms with E-state index in [1.165, 1.54) is 0 Å². The number of rotatable bonds is 5. The Kier molecular flexibility index (Phi) is 5.53. The molecule has 4 nitrogen and oxygen atoms in total. The molecule has 0 saturated carbocycles. The van der Waals surface area contributed by atoms with Crippen molar-refractivity contribution in [2.24, 2.45) is 0 Å². The molecule has 0 N–H and O–H groups in total. The lowest BCUT2D eigenvalue weighted by Gasteiger charge is -2.47. The maximum atomic E-state index is 6.74. The SMILES string of the molecule is C=CCN1C[C@@H](O[Si](C)(C)C(C)(C)C)[C@H]2OC(C)(C)O[C@H]2[C@@H]1C=C. The first-order chi connectivity index (χ1) is 10.9. The molecule has 0 unspecified atom stereocenters. The zero-order valence-corrected chi connectivity index (χ0v) is 17.5. The molecule has 0 aromatic heterocycles. The van der Waals surface area contributed by atoms with Gasteiger partial charge in [-0.25, -0.2) is 0 Å². The second kappa shape index (κ2) is 6.69. The molecule has 2 saturated heterocycles. The number of ether oxygens (including phenoxy) is 2. The lowest BCUT2D eigenvalue weighted by molar-refractivity contribution is -0.152. The van der Waals surface area contributed by atoms with E-state index >= 15 is 0 Å². The van der Waals surface area contributed by atoms with E-state index in [0.717, 1.165) is 13.1 Å². The fourth-order valence-electron chi connectivity index (χ4n) is 3.34. The quantitative estimate of drug-likeness (QED) is 0.553. The van der Waals surface area contributed by atoms with Crippen molar-refractivity contribution in [1.82, 2.24) is 4.90 Å². The monoisotopic (exact) mass is 353 g/mol. The predicted molar refractivity (Wildman–Crippen MR) is 102 cm³/mol. The van der Waals surface area contributed by atoms with Crippen LogP contribution in [0.1, 0.15) is 34.6 Å². The highest BCUT2D eigenvalue weighted by Crippen LogP contribution is 2.42. The average Bonchev–Trinajstić information content (AvgIpc) is 2.73. The van der Waals surface area contributed by atoms with E-state index in [0.29, 0.717) is 0 Å². The normalized spacial score (nSPS) is 34.0. The molecule has 0 radical (unpaired) electrons. The van der Waals surface area contributed by atoms with Crippen molar-refractivity contribution >= 4 is 8.32 Å². The molecule has 0 amide bonds. The summed E-state index contributed by atoms with van der Waals surface area (Å²) in [5.41, 5.74) is 0. The van der Waals surface area contributed by atoms with Crippen LogP contribution in [0.2, 0.25) is 18.1 Å². The molecule has 2 aliphatic rings. The smallest absolute Gasteiger partial charge is 0.192 e. The molecule has 4 atom stereocenters. The first kappa shape index (κ1) is 19.9. The van der Waals surface area contributed by atoms with E-state index < -0.39 is 14.1 Å².